The van der Waals surface area contributed by atoms with E-state index in [1.165, 1.54) is 6.08 Å². The predicted molar refractivity (Wildman–Crippen MR) is 193 cm³/mol. The van der Waals surface area contributed by atoms with Gasteiger partial charge >= 0.3 is 5.97 Å². The lowest BCUT2D eigenvalue weighted by Gasteiger charge is -2.63. The third-order valence-corrected chi connectivity index (χ3v) is 15.8. The Morgan fingerprint density at radius 3 is 1.87 bits per heavy atom. The van der Waals surface area contributed by atoms with E-state index < -0.39 is 90.9 Å². The lowest BCUT2D eigenvalue weighted by molar-refractivity contribution is -0.336. The molecule has 0 radical (unpaired) electrons. The summed E-state index contributed by atoms with van der Waals surface area (Å²) in [5.74, 6) is 0.174. The zero-order chi connectivity index (χ0) is 39.2. The molecule has 14 nitrogen and oxygen atoms in total. The monoisotopic (exact) mass is 780 g/mol. The Hall–Kier alpha value is -1.27. The summed E-state index contributed by atoms with van der Waals surface area (Å²) in [5.41, 5.74) is -0.686. The summed E-state index contributed by atoms with van der Waals surface area (Å²) in [4.78, 5) is 12.0. The second-order valence-corrected chi connectivity index (χ2v) is 18.9. The second kappa shape index (κ2) is 15.1. The zero-order valence-electron chi connectivity index (χ0n) is 32.9. The number of cyclic esters (lactones) is 1. The number of fused-ring (bicyclic) bond motifs is 5. The summed E-state index contributed by atoms with van der Waals surface area (Å²) in [6, 6.07) is 0. The van der Waals surface area contributed by atoms with Crippen molar-refractivity contribution in [3.63, 3.8) is 0 Å². The molecule has 0 amide bonds. The average Bonchev–Trinajstić information content (AvgIpc) is 3.62. The van der Waals surface area contributed by atoms with Gasteiger partial charge in [0.15, 0.2) is 18.9 Å². The highest BCUT2D eigenvalue weighted by Gasteiger charge is 2.70. The summed E-state index contributed by atoms with van der Waals surface area (Å²) < 4.78 is 42.1. The van der Waals surface area contributed by atoms with Gasteiger partial charge in [-0.05, 0) is 94.5 Å². The Morgan fingerprint density at radius 2 is 1.29 bits per heavy atom. The Labute approximate surface area is 323 Å². The minimum Gasteiger partial charge on any atom is -0.458 e. The van der Waals surface area contributed by atoms with Crippen LogP contribution < -0.4 is 0 Å². The Bertz CT molecular complexity index is 1410. The highest BCUT2D eigenvalue weighted by atomic mass is 16.7. The van der Waals surface area contributed by atoms with Gasteiger partial charge in [-0.1, -0.05) is 13.8 Å². The molecule has 0 aromatic heterocycles. The van der Waals surface area contributed by atoms with Gasteiger partial charge in [0, 0.05) is 43.1 Å². The topological polar surface area (TPSA) is 203 Å². The number of carbonyl (C=O) groups excluding carboxylic acids is 1. The second-order valence-electron chi connectivity index (χ2n) is 18.9. The fourth-order valence-corrected chi connectivity index (χ4v) is 12.9. The number of ether oxygens (including phenoxy) is 7. The number of esters is 1. The minimum absolute atomic E-state index is 0.0203. The quantitative estimate of drug-likeness (QED) is 0.162. The molecule has 7 fully saturated rings. The number of hydrogen-bond donors (Lipinski definition) is 6. The van der Waals surface area contributed by atoms with Gasteiger partial charge in [0.2, 0.25) is 0 Å². The molecule has 0 bridgehead atoms. The zero-order valence-corrected chi connectivity index (χ0v) is 32.9. The van der Waals surface area contributed by atoms with Gasteiger partial charge in [0.25, 0.3) is 0 Å². The first-order valence-corrected chi connectivity index (χ1v) is 20.9. The maximum absolute atomic E-state index is 12.6. The molecule has 8 aliphatic rings. The lowest BCUT2D eigenvalue weighted by Crippen LogP contribution is -2.62. The van der Waals surface area contributed by atoms with Crippen LogP contribution in [0, 0.1) is 34.5 Å². The molecule has 312 valence electrons. The Balaban J connectivity index is 0.834. The van der Waals surface area contributed by atoms with Crippen molar-refractivity contribution >= 4 is 5.97 Å². The molecule has 4 aliphatic carbocycles. The van der Waals surface area contributed by atoms with E-state index in [0.717, 1.165) is 50.5 Å². The van der Waals surface area contributed by atoms with Gasteiger partial charge in [-0.2, -0.15) is 0 Å². The highest BCUT2D eigenvalue weighted by molar-refractivity contribution is 5.85. The van der Waals surface area contributed by atoms with Gasteiger partial charge in [-0.3, -0.25) is 0 Å². The molecule has 4 saturated carbocycles. The van der Waals surface area contributed by atoms with E-state index in [1.54, 1.807) is 13.8 Å². The first-order valence-electron chi connectivity index (χ1n) is 20.9. The number of aliphatic hydroxyl groups excluding tert-OH is 5. The standard InChI is InChI=1S/C41H64O14/c1-19-36(47)27(42)14-33(50-19)54-38-21(3)52-34(16-29(38)44)55-37-20(2)51-32(15-28(37)43)53-24-8-10-39(4)23(13-24)6-7-26-25(39)9-11-40(5)35(22-12-31(46)49-18-22)30(45)17-41(26,40)48/h12,19-21,23-30,32-38,42-45,47-48H,6-11,13-18H2,1-5H3/t19?,20?,21?,23-,24?,25?,26?,27?,28?,29?,30?,32-,33?,34?,35?,36?,37+,38+,39-,40-,41-/m1/s1. The molecule has 6 N–H and O–H groups in total. The molecule has 3 saturated heterocycles. The van der Waals surface area contributed by atoms with Gasteiger partial charge in [-0.15, -0.1) is 0 Å². The van der Waals surface area contributed by atoms with E-state index in [-0.39, 0.29) is 55.2 Å². The van der Waals surface area contributed by atoms with E-state index in [2.05, 4.69) is 13.8 Å². The maximum atomic E-state index is 12.6. The van der Waals surface area contributed by atoms with Crippen LogP contribution in [0.1, 0.15) is 105 Å². The van der Waals surface area contributed by atoms with Crippen molar-refractivity contribution in [1.29, 1.82) is 0 Å². The Kier molecular flexibility index (Phi) is 11.1. The molecule has 0 aromatic carbocycles. The van der Waals surface area contributed by atoms with Gasteiger partial charge in [0.1, 0.15) is 24.9 Å². The van der Waals surface area contributed by atoms with Crippen molar-refractivity contribution in [2.75, 3.05) is 6.61 Å². The van der Waals surface area contributed by atoms with E-state index in [1.807, 2.05) is 6.92 Å². The van der Waals surface area contributed by atoms with E-state index in [4.69, 9.17) is 33.2 Å². The van der Waals surface area contributed by atoms with Crippen LogP contribution in [0.15, 0.2) is 11.6 Å². The molecular formula is C41H64O14. The molecular weight excluding hydrogens is 716 g/mol. The van der Waals surface area contributed by atoms with E-state index in [0.29, 0.717) is 18.3 Å². The van der Waals surface area contributed by atoms with Crippen LogP contribution in [0.2, 0.25) is 0 Å². The maximum Gasteiger partial charge on any atom is 0.331 e. The Morgan fingerprint density at radius 1 is 0.691 bits per heavy atom. The molecule has 4 heterocycles. The highest BCUT2D eigenvalue weighted by Crippen LogP contribution is 2.70. The normalized spacial score (nSPS) is 55.5. The predicted octanol–water partition coefficient (Wildman–Crippen LogP) is 2.22. The molecule has 8 rings (SSSR count). The lowest BCUT2D eigenvalue weighted by atomic mass is 9.43. The van der Waals surface area contributed by atoms with Crippen molar-refractivity contribution in [1.82, 2.24) is 0 Å². The molecule has 14 unspecified atom stereocenters. The van der Waals surface area contributed by atoms with E-state index in [9.17, 15) is 35.4 Å². The summed E-state index contributed by atoms with van der Waals surface area (Å²) in [6.07, 6.45) is -1.26. The minimum atomic E-state index is -1.01. The van der Waals surface area contributed by atoms with Crippen molar-refractivity contribution in [3.05, 3.63) is 11.6 Å². The third-order valence-electron chi connectivity index (χ3n) is 15.8. The molecule has 14 heteroatoms. The van der Waals surface area contributed by atoms with Crippen LogP contribution in [0.5, 0.6) is 0 Å². The van der Waals surface area contributed by atoms with Crippen LogP contribution >= 0.6 is 0 Å². The molecule has 4 aliphatic heterocycles. The van der Waals surface area contributed by atoms with Crippen LogP contribution in [-0.4, -0.2) is 135 Å². The van der Waals surface area contributed by atoms with Crippen LogP contribution in [-0.2, 0) is 38.0 Å². The van der Waals surface area contributed by atoms with E-state index >= 15 is 0 Å². The number of carbonyl (C=O) groups is 1. The largest absolute Gasteiger partial charge is 0.458 e. The van der Waals surface area contributed by atoms with Crippen molar-refractivity contribution in [2.24, 2.45) is 34.5 Å². The van der Waals surface area contributed by atoms with Crippen molar-refractivity contribution in [3.8, 4) is 0 Å². The molecule has 21 atom stereocenters. The van der Waals surface area contributed by atoms with Crippen molar-refractivity contribution in [2.45, 2.75) is 197 Å². The van der Waals surface area contributed by atoms with Crippen LogP contribution in [0.25, 0.3) is 0 Å². The van der Waals surface area contributed by atoms with Crippen LogP contribution in [0.3, 0.4) is 0 Å². The summed E-state index contributed by atoms with van der Waals surface area (Å²) in [6.45, 7) is 9.98. The van der Waals surface area contributed by atoms with Crippen LogP contribution in [0.4, 0.5) is 0 Å². The van der Waals surface area contributed by atoms with Crippen molar-refractivity contribution < 1.29 is 68.6 Å². The van der Waals surface area contributed by atoms with Gasteiger partial charge < -0.3 is 63.8 Å². The average molecular weight is 781 g/mol. The first-order chi connectivity index (χ1) is 26.0. The van der Waals surface area contributed by atoms with Gasteiger partial charge in [0.05, 0.1) is 54.4 Å². The summed E-state index contributed by atoms with van der Waals surface area (Å²) in [7, 11) is 0. The fourth-order valence-electron chi connectivity index (χ4n) is 12.9. The molecule has 0 aromatic rings. The summed E-state index contributed by atoms with van der Waals surface area (Å²) >= 11 is 0. The molecule has 55 heavy (non-hydrogen) atoms. The SMILES string of the molecule is CC1OC(O[C@@H]2C(O)CC(O[C@@H]3C(O)C[C@@H](OC4CC[C@@]5(C)C6CC[C@]7(C)C(C8=CC(=O)OC8)C(O)C[C@@]7(O)C6CC[C@@H]5C4)OC3C)OC2C)CC(O)C1O. The first kappa shape index (κ1) is 40.5. The van der Waals surface area contributed by atoms with Gasteiger partial charge in [-0.25, -0.2) is 4.79 Å². The number of hydrogen-bond acceptors (Lipinski definition) is 14. The smallest absolute Gasteiger partial charge is 0.331 e. The third kappa shape index (κ3) is 7.05. The fraction of sp³-hybridized carbons (Fsp3) is 0.927. The number of rotatable bonds is 7. The number of aliphatic hydroxyl groups is 6. The molecule has 0 spiro atoms. The summed E-state index contributed by atoms with van der Waals surface area (Å²) in [5, 5.41) is 66.3.